The maximum absolute atomic E-state index is 8.63. The monoisotopic (exact) mass is 379 g/mol. The number of hydrogen-bond donors (Lipinski definition) is 1. The third kappa shape index (κ3) is 3.62. The van der Waals surface area contributed by atoms with Gasteiger partial charge in [0.05, 0.1) is 23.9 Å². The van der Waals surface area contributed by atoms with Gasteiger partial charge in [-0.2, -0.15) is 0 Å². The third-order valence-corrected chi connectivity index (χ3v) is 4.25. The maximum Gasteiger partial charge on any atom is 0.176 e. The summed E-state index contributed by atoms with van der Waals surface area (Å²) in [4.78, 5) is 0. The van der Waals surface area contributed by atoms with Crippen molar-refractivity contribution >= 4 is 38.1 Å². The second-order valence-electron chi connectivity index (χ2n) is 3.45. The van der Waals surface area contributed by atoms with E-state index in [0.717, 1.165) is 15.4 Å². The minimum Gasteiger partial charge on any atom is -0.490 e. The van der Waals surface area contributed by atoms with E-state index in [1.54, 1.807) is 6.07 Å². The van der Waals surface area contributed by atoms with Gasteiger partial charge >= 0.3 is 0 Å². The fourth-order valence-corrected chi connectivity index (χ4v) is 2.30. The molecule has 6 heteroatoms. The Morgan fingerprint density at radius 3 is 2.56 bits per heavy atom. The van der Waals surface area contributed by atoms with Gasteiger partial charge in [-0.3, -0.25) is 0 Å². The molecular weight excluding hydrogens is 366 g/mol. The SMILES string of the molecule is CCCOc1c(OCC)cc(/C=N/O)c(Br)c1Br. The van der Waals surface area contributed by atoms with E-state index in [1.165, 1.54) is 6.21 Å². The zero-order valence-electron chi connectivity index (χ0n) is 10.2. The molecule has 0 aliphatic heterocycles. The van der Waals surface area contributed by atoms with Crippen LogP contribution in [0.1, 0.15) is 25.8 Å². The van der Waals surface area contributed by atoms with Crippen LogP contribution in [0.15, 0.2) is 20.2 Å². The van der Waals surface area contributed by atoms with Gasteiger partial charge in [0.2, 0.25) is 0 Å². The number of benzene rings is 1. The fourth-order valence-electron chi connectivity index (χ4n) is 1.36. The van der Waals surface area contributed by atoms with Crippen molar-refractivity contribution in [2.45, 2.75) is 20.3 Å². The lowest BCUT2D eigenvalue weighted by atomic mass is 10.2. The smallest absolute Gasteiger partial charge is 0.176 e. The molecule has 1 aromatic rings. The Balaban J connectivity index is 3.25. The molecule has 0 aliphatic carbocycles. The summed E-state index contributed by atoms with van der Waals surface area (Å²) in [7, 11) is 0. The fraction of sp³-hybridized carbons (Fsp3) is 0.417. The second-order valence-corrected chi connectivity index (χ2v) is 5.03. The van der Waals surface area contributed by atoms with E-state index >= 15 is 0 Å². The molecule has 0 aromatic heterocycles. The molecule has 1 rings (SSSR count). The van der Waals surface area contributed by atoms with Gasteiger partial charge in [-0.25, -0.2) is 0 Å². The lowest BCUT2D eigenvalue weighted by Crippen LogP contribution is -2.02. The van der Waals surface area contributed by atoms with Gasteiger partial charge in [0, 0.05) is 10.0 Å². The van der Waals surface area contributed by atoms with Gasteiger partial charge in [0.1, 0.15) is 0 Å². The molecule has 4 nitrogen and oxygen atoms in total. The van der Waals surface area contributed by atoms with Crippen LogP contribution in [0.5, 0.6) is 11.5 Å². The molecule has 1 aromatic carbocycles. The number of ether oxygens (including phenoxy) is 2. The summed E-state index contributed by atoms with van der Waals surface area (Å²) in [6.45, 7) is 5.08. The zero-order chi connectivity index (χ0) is 13.5. The predicted octanol–water partition coefficient (Wildman–Crippen LogP) is 4.21. The Kier molecular flexibility index (Phi) is 6.49. The van der Waals surface area contributed by atoms with Gasteiger partial charge in [-0.1, -0.05) is 12.1 Å². The average Bonchev–Trinajstić information content (AvgIpc) is 2.36. The van der Waals surface area contributed by atoms with Crippen molar-refractivity contribution in [3.63, 3.8) is 0 Å². The second kappa shape index (κ2) is 7.63. The van der Waals surface area contributed by atoms with Crippen LogP contribution in [0.4, 0.5) is 0 Å². The highest BCUT2D eigenvalue weighted by molar-refractivity contribution is 9.13. The zero-order valence-corrected chi connectivity index (χ0v) is 13.4. The van der Waals surface area contributed by atoms with Crippen LogP contribution in [0.25, 0.3) is 0 Å². The minimum atomic E-state index is 0.534. The highest BCUT2D eigenvalue weighted by atomic mass is 79.9. The van der Waals surface area contributed by atoms with Crippen LogP contribution in [0, 0.1) is 0 Å². The van der Waals surface area contributed by atoms with E-state index < -0.39 is 0 Å². The number of nitrogens with zero attached hydrogens (tertiary/aromatic N) is 1. The average molecular weight is 381 g/mol. The topological polar surface area (TPSA) is 51.0 Å². The minimum absolute atomic E-state index is 0.534. The molecule has 0 aliphatic rings. The van der Waals surface area contributed by atoms with E-state index in [1.807, 2.05) is 13.8 Å². The van der Waals surface area contributed by atoms with Crippen LogP contribution in [0.2, 0.25) is 0 Å². The molecule has 1 N–H and O–H groups in total. The summed E-state index contributed by atoms with van der Waals surface area (Å²) in [6, 6.07) is 1.77. The Morgan fingerprint density at radius 1 is 1.28 bits per heavy atom. The van der Waals surface area contributed by atoms with Crippen molar-refractivity contribution in [3.8, 4) is 11.5 Å². The Labute approximate surface area is 123 Å². The van der Waals surface area contributed by atoms with E-state index in [-0.39, 0.29) is 0 Å². The van der Waals surface area contributed by atoms with Gasteiger partial charge < -0.3 is 14.7 Å². The molecule has 0 radical (unpaired) electrons. The first kappa shape index (κ1) is 15.3. The molecular formula is C12H15Br2NO3. The standard InChI is InChI=1S/C12H15Br2NO3/c1-3-5-18-12-9(17-4-2)6-8(7-15-16)10(13)11(12)14/h6-7,16H,3-5H2,1-2H3/b15-7+. The molecule has 100 valence electrons. The number of halogens is 2. The van der Waals surface area contributed by atoms with Crippen molar-refractivity contribution in [1.82, 2.24) is 0 Å². The molecule has 0 atom stereocenters. The van der Waals surface area contributed by atoms with Crippen LogP contribution in [-0.2, 0) is 0 Å². The van der Waals surface area contributed by atoms with E-state index in [4.69, 9.17) is 14.7 Å². The summed E-state index contributed by atoms with van der Waals surface area (Å²) >= 11 is 6.88. The molecule has 0 fully saturated rings. The number of rotatable bonds is 6. The summed E-state index contributed by atoms with van der Waals surface area (Å²) < 4.78 is 12.7. The first-order valence-corrected chi connectivity index (χ1v) is 7.19. The highest BCUT2D eigenvalue weighted by Gasteiger charge is 2.16. The molecule has 0 heterocycles. The summed E-state index contributed by atoms with van der Waals surface area (Å²) in [5.74, 6) is 1.27. The quantitative estimate of drug-likeness (QED) is 0.457. The summed E-state index contributed by atoms with van der Waals surface area (Å²) in [6.07, 6.45) is 2.25. The van der Waals surface area contributed by atoms with Gasteiger partial charge in [0.15, 0.2) is 11.5 Å². The van der Waals surface area contributed by atoms with Crippen molar-refractivity contribution in [2.24, 2.45) is 5.16 Å². The van der Waals surface area contributed by atoms with Crippen LogP contribution < -0.4 is 9.47 Å². The van der Waals surface area contributed by atoms with Crippen LogP contribution in [0.3, 0.4) is 0 Å². The normalized spacial score (nSPS) is 10.9. The van der Waals surface area contributed by atoms with Crippen molar-refractivity contribution < 1.29 is 14.7 Å². The Hall–Kier alpha value is -0.750. The first-order valence-electron chi connectivity index (χ1n) is 5.60. The molecule has 0 saturated carbocycles. The Bertz CT molecular complexity index is 436. The van der Waals surface area contributed by atoms with Crippen molar-refractivity contribution in [1.29, 1.82) is 0 Å². The van der Waals surface area contributed by atoms with E-state index in [0.29, 0.717) is 30.3 Å². The number of oxime groups is 1. The van der Waals surface area contributed by atoms with Crippen molar-refractivity contribution in [3.05, 3.63) is 20.6 Å². The largest absolute Gasteiger partial charge is 0.490 e. The molecule has 0 unspecified atom stereocenters. The maximum atomic E-state index is 8.63. The molecule has 0 amide bonds. The van der Waals surface area contributed by atoms with Gasteiger partial charge in [-0.05, 0) is 51.3 Å². The first-order chi connectivity index (χ1) is 8.65. The third-order valence-electron chi connectivity index (χ3n) is 2.10. The van der Waals surface area contributed by atoms with Crippen LogP contribution >= 0.6 is 31.9 Å². The summed E-state index contributed by atoms with van der Waals surface area (Å²) in [5, 5.41) is 11.7. The lowest BCUT2D eigenvalue weighted by molar-refractivity contribution is 0.275. The molecule has 0 bridgehead atoms. The van der Waals surface area contributed by atoms with Crippen LogP contribution in [-0.4, -0.2) is 24.6 Å². The molecule has 0 spiro atoms. The van der Waals surface area contributed by atoms with E-state index in [9.17, 15) is 0 Å². The predicted molar refractivity (Wildman–Crippen MR) is 78.2 cm³/mol. The molecule has 18 heavy (non-hydrogen) atoms. The highest BCUT2D eigenvalue weighted by Crippen LogP contribution is 2.42. The van der Waals surface area contributed by atoms with E-state index in [2.05, 4.69) is 37.0 Å². The summed E-state index contributed by atoms with van der Waals surface area (Å²) in [5.41, 5.74) is 0.705. The number of hydrogen-bond acceptors (Lipinski definition) is 4. The molecule has 0 saturated heterocycles. The van der Waals surface area contributed by atoms with Crippen molar-refractivity contribution in [2.75, 3.05) is 13.2 Å². The lowest BCUT2D eigenvalue weighted by Gasteiger charge is -2.15. The Morgan fingerprint density at radius 2 is 2.00 bits per heavy atom. The van der Waals surface area contributed by atoms with Gasteiger partial charge in [0.25, 0.3) is 0 Å². The van der Waals surface area contributed by atoms with Gasteiger partial charge in [-0.15, -0.1) is 0 Å².